The van der Waals surface area contributed by atoms with Crippen LogP contribution in [-0.2, 0) is 23.2 Å². The summed E-state index contributed by atoms with van der Waals surface area (Å²) in [6.45, 7) is 10.8. The molecule has 0 amide bonds. The highest BCUT2D eigenvalue weighted by Gasteiger charge is 2.52. The Morgan fingerprint density at radius 1 is 0.981 bits per heavy atom. The van der Waals surface area contributed by atoms with Gasteiger partial charge in [-0.3, -0.25) is 4.79 Å². The molecular weight excluding hydrogens is 645 g/mol. The molecule has 6 heteroatoms. The zero-order chi connectivity index (χ0) is 36.5. The number of carbonyl (C=O) groups is 1. The fraction of sp³-hybridized carbons (Fsp3) is 0.391. The number of hydrogen-bond donors (Lipinski definition) is 1. The highest BCUT2D eigenvalue weighted by atomic mass is 16.5. The summed E-state index contributed by atoms with van der Waals surface area (Å²) in [4.78, 5) is 16.4. The number of hydrogen-bond acceptors (Lipinski definition) is 4. The van der Waals surface area contributed by atoms with Crippen LogP contribution in [-0.4, -0.2) is 34.3 Å². The molecule has 4 aromatic carbocycles. The molecule has 1 N–H and O–H groups in total. The van der Waals surface area contributed by atoms with Crippen LogP contribution >= 0.6 is 0 Å². The van der Waals surface area contributed by atoms with Crippen molar-refractivity contribution in [3.05, 3.63) is 113 Å². The van der Waals surface area contributed by atoms with Gasteiger partial charge in [-0.2, -0.15) is 0 Å². The largest absolute Gasteiger partial charge is 0.496 e. The van der Waals surface area contributed by atoms with Crippen LogP contribution in [0.15, 0.2) is 84.9 Å². The lowest BCUT2D eigenvalue weighted by molar-refractivity contribution is -0.137. The Hall–Kier alpha value is -4.84. The maximum absolute atomic E-state index is 11.0. The second-order valence-electron chi connectivity index (χ2n) is 15.8. The van der Waals surface area contributed by atoms with Crippen molar-refractivity contribution in [2.24, 2.45) is 11.3 Å². The Kier molecular flexibility index (Phi) is 10.0. The third-order valence-corrected chi connectivity index (χ3v) is 11.9. The molecule has 1 heterocycles. The number of nitrogens with zero attached hydrogens (tertiary/aromatic N) is 2. The smallest absolute Gasteiger partial charge is 0.303 e. The van der Waals surface area contributed by atoms with Crippen molar-refractivity contribution in [1.82, 2.24) is 9.55 Å². The fourth-order valence-electron chi connectivity index (χ4n) is 9.29. The van der Waals surface area contributed by atoms with Gasteiger partial charge in [0, 0.05) is 19.0 Å². The van der Waals surface area contributed by atoms with Crippen LogP contribution in [0.25, 0.3) is 34.6 Å². The second kappa shape index (κ2) is 14.7. The number of rotatable bonds is 12. The molecule has 1 fully saturated rings. The van der Waals surface area contributed by atoms with Gasteiger partial charge in [-0.15, -0.1) is 0 Å². The van der Waals surface area contributed by atoms with Crippen LogP contribution < -0.4 is 9.47 Å². The predicted molar refractivity (Wildman–Crippen MR) is 211 cm³/mol. The van der Waals surface area contributed by atoms with Crippen LogP contribution in [0.4, 0.5) is 0 Å². The van der Waals surface area contributed by atoms with Crippen molar-refractivity contribution < 1.29 is 19.4 Å². The van der Waals surface area contributed by atoms with Crippen molar-refractivity contribution in [3.8, 4) is 22.9 Å². The lowest BCUT2D eigenvalue weighted by Gasteiger charge is -2.56. The van der Waals surface area contributed by atoms with E-state index in [4.69, 9.17) is 19.6 Å². The van der Waals surface area contributed by atoms with E-state index in [1.807, 2.05) is 24.3 Å². The van der Waals surface area contributed by atoms with E-state index in [0.717, 1.165) is 46.5 Å². The Morgan fingerprint density at radius 2 is 1.79 bits per heavy atom. The summed E-state index contributed by atoms with van der Waals surface area (Å²) in [6.07, 6.45) is 10.7. The van der Waals surface area contributed by atoms with Gasteiger partial charge in [0.1, 0.15) is 17.3 Å². The summed E-state index contributed by atoms with van der Waals surface area (Å²) in [5, 5.41) is 9.04. The van der Waals surface area contributed by atoms with Crippen LogP contribution in [0, 0.1) is 11.3 Å². The van der Waals surface area contributed by atoms with Gasteiger partial charge in [-0.1, -0.05) is 101 Å². The molecule has 1 saturated carbocycles. The maximum Gasteiger partial charge on any atom is 0.303 e. The van der Waals surface area contributed by atoms with Crippen molar-refractivity contribution >= 4 is 29.2 Å². The molecule has 0 aliphatic heterocycles. The predicted octanol–water partition coefficient (Wildman–Crippen LogP) is 11.0. The molecule has 0 bridgehead atoms. The number of imidazole rings is 1. The fourth-order valence-corrected chi connectivity index (χ4v) is 9.29. The number of carboxylic acids is 1. The quantitative estimate of drug-likeness (QED) is 0.104. The first kappa shape index (κ1) is 35.6. The normalized spacial score (nSPS) is 21.3. The SMILES string of the molecule is COc1cc(OCCCC(=O)O)ccc1-c1nc2cc(C=Cc3ccccc3)ccc2n1C[C@@]1(C)CCC[C@]2(C)c3ccc(C(C)C)cc3CC[C@@H]12. The lowest BCUT2D eigenvalue weighted by atomic mass is 9.49. The lowest BCUT2D eigenvalue weighted by Crippen LogP contribution is -2.50. The van der Waals surface area contributed by atoms with Crippen molar-refractivity contribution in [2.45, 2.75) is 90.5 Å². The number of fused-ring (bicyclic) bond motifs is 4. The summed E-state index contributed by atoms with van der Waals surface area (Å²) < 4.78 is 14.4. The number of carboxylic acid groups (broad SMARTS) is 1. The Labute approximate surface area is 308 Å². The molecule has 6 nitrogen and oxygen atoms in total. The molecule has 0 radical (unpaired) electrons. The molecule has 2 aliphatic carbocycles. The van der Waals surface area contributed by atoms with Gasteiger partial charge in [0.2, 0.25) is 0 Å². The van der Waals surface area contributed by atoms with Gasteiger partial charge in [0.05, 0.1) is 30.3 Å². The zero-order valence-electron chi connectivity index (χ0n) is 31.3. The Balaban J connectivity index is 1.28. The van der Waals surface area contributed by atoms with Crippen LogP contribution in [0.2, 0.25) is 0 Å². The van der Waals surface area contributed by atoms with Crippen LogP contribution in [0.1, 0.15) is 100.0 Å². The molecule has 1 aromatic heterocycles. The van der Waals surface area contributed by atoms with E-state index in [2.05, 4.69) is 105 Å². The van der Waals surface area contributed by atoms with Crippen molar-refractivity contribution in [2.75, 3.05) is 13.7 Å². The summed E-state index contributed by atoms with van der Waals surface area (Å²) in [5.41, 5.74) is 9.98. The van der Waals surface area contributed by atoms with E-state index >= 15 is 0 Å². The molecule has 3 atom stereocenters. The van der Waals surface area contributed by atoms with Crippen LogP contribution in [0.5, 0.6) is 11.5 Å². The van der Waals surface area contributed by atoms with Gasteiger partial charge >= 0.3 is 5.97 Å². The molecule has 5 aromatic rings. The molecule has 2 aliphatic rings. The first-order valence-corrected chi connectivity index (χ1v) is 19.0. The number of aliphatic carboxylic acids is 1. The second-order valence-corrected chi connectivity index (χ2v) is 15.8. The summed E-state index contributed by atoms with van der Waals surface area (Å²) in [7, 11) is 1.69. The van der Waals surface area contributed by atoms with Crippen molar-refractivity contribution in [3.63, 3.8) is 0 Å². The molecule has 0 spiro atoms. The summed E-state index contributed by atoms with van der Waals surface area (Å²) in [6, 6.07) is 30.2. The van der Waals surface area contributed by atoms with Gasteiger partial charge < -0.3 is 19.1 Å². The molecule has 0 saturated heterocycles. The van der Waals surface area contributed by atoms with E-state index in [1.165, 1.54) is 31.2 Å². The number of ether oxygens (including phenoxy) is 2. The Morgan fingerprint density at radius 3 is 2.56 bits per heavy atom. The van der Waals surface area contributed by atoms with Gasteiger partial charge in [-0.25, -0.2) is 4.98 Å². The van der Waals surface area contributed by atoms with E-state index in [9.17, 15) is 4.79 Å². The molecule has 52 heavy (non-hydrogen) atoms. The monoisotopic (exact) mass is 696 g/mol. The average Bonchev–Trinajstić information content (AvgIpc) is 3.48. The minimum absolute atomic E-state index is 0.0517. The van der Waals surface area contributed by atoms with Gasteiger partial charge in [0.25, 0.3) is 0 Å². The standard InChI is InChI=1S/C46H52N2O4/c1-31(2)34-17-21-38-35(28-34)18-23-42-45(3,24-10-25-46(38,42)4)30-48-40-22-16-33(15-14-32-11-7-6-8-12-32)27-39(40)47-44(48)37-20-19-36(29-41(37)51-5)52-26-9-13-43(49)50/h6-8,11-12,14-17,19-22,27-29,31,42H,9-10,13,18,23-26,30H2,1-5H3,(H,49,50)/t42-,45+,46+/m0/s1. The average molecular weight is 697 g/mol. The highest BCUT2D eigenvalue weighted by Crippen LogP contribution is 2.58. The number of benzene rings is 4. The number of aryl methyl sites for hydroxylation is 1. The van der Waals surface area contributed by atoms with Gasteiger partial charge in [0.15, 0.2) is 0 Å². The van der Waals surface area contributed by atoms with E-state index in [-0.39, 0.29) is 17.3 Å². The first-order valence-electron chi connectivity index (χ1n) is 19.0. The van der Waals surface area contributed by atoms with E-state index in [1.54, 1.807) is 18.2 Å². The van der Waals surface area contributed by atoms with E-state index in [0.29, 0.717) is 36.4 Å². The third kappa shape index (κ3) is 7.00. The van der Waals surface area contributed by atoms with E-state index < -0.39 is 5.97 Å². The highest BCUT2D eigenvalue weighted by molar-refractivity contribution is 5.85. The van der Waals surface area contributed by atoms with Crippen LogP contribution in [0.3, 0.4) is 0 Å². The topological polar surface area (TPSA) is 73.6 Å². The number of aromatic nitrogens is 2. The molecule has 0 unspecified atom stereocenters. The summed E-state index contributed by atoms with van der Waals surface area (Å²) in [5.74, 6) is 2.47. The van der Waals surface area contributed by atoms with Gasteiger partial charge in [-0.05, 0) is 107 Å². The first-order chi connectivity index (χ1) is 25.1. The molecular formula is C46H52N2O4. The van der Waals surface area contributed by atoms with Crippen molar-refractivity contribution in [1.29, 1.82) is 0 Å². The maximum atomic E-state index is 11.0. The minimum atomic E-state index is -0.821. The number of methoxy groups -OCH3 is 1. The summed E-state index contributed by atoms with van der Waals surface area (Å²) >= 11 is 0. The molecule has 270 valence electrons. The third-order valence-electron chi connectivity index (χ3n) is 11.9. The Bertz CT molecular complexity index is 2100. The molecule has 7 rings (SSSR count). The zero-order valence-corrected chi connectivity index (χ0v) is 31.3. The minimum Gasteiger partial charge on any atom is -0.496 e.